The van der Waals surface area contributed by atoms with Crippen LogP contribution in [0.2, 0.25) is 0 Å². The molecule has 0 fully saturated rings. The van der Waals surface area contributed by atoms with Gasteiger partial charge in [-0.05, 0) is 35.4 Å². The molecule has 0 atom stereocenters. The molecule has 4 rings (SSSR count). The van der Waals surface area contributed by atoms with Gasteiger partial charge in [0.2, 0.25) is 0 Å². The van der Waals surface area contributed by atoms with E-state index in [1.165, 1.54) is 12.5 Å². The first-order valence-corrected chi connectivity index (χ1v) is 9.68. The Bertz CT molecular complexity index is 1290. The first-order chi connectivity index (χ1) is 15.3. The second-order valence-corrected chi connectivity index (χ2v) is 7.17. The van der Waals surface area contributed by atoms with Crippen molar-refractivity contribution in [3.63, 3.8) is 0 Å². The molecule has 2 aromatic carbocycles. The van der Waals surface area contributed by atoms with Crippen LogP contribution in [-0.4, -0.2) is 20.9 Å². The number of hydrogen-bond acceptors (Lipinski definition) is 5. The Morgan fingerprint density at radius 1 is 0.969 bits per heavy atom. The number of carbonyl (C=O) groups excluding carboxylic acids is 1. The number of amides is 1. The molecule has 3 N–H and O–H groups in total. The predicted octanol–water partition coefficient (Wildman–Crippen LogP) is 4.35. The maximum absolute atomic E-state index is 12.9. The number of alkyl halides is 3. The van der Waals surface area contributed by atoms with Gasteiger partial charge in [-0.15, -0.1) is 0 Å². The SMILES string of the molecule is NC(=O)c1cccc2c(NCc3cccc(Cc4cc(C(F)(F)F)ccn4)c3)ncnc12. The van der Waals surface area contributed by atoms with E-state index in [0.717, 1.165) is 23.3 Å². The summed E-state index contributed by atoms with van der Waals surface area (Å²) in [6.07, 6.45) is -1.61. The molecule has 0 saturated carbocycles. The summed E-state index contributed by atoms with van der Waals surface area (Å²) in [4.78, 5) is 24.1. The van der Waals surface area contributed by atoms with Crippen LogP contribution >= 0.6 is 0 Å². The number of nitrogens with one attached hydrogen (secondary N) is 1. The van der Waals surface area contributed by atoms with Crippen LogP contribution in [-0.2, 0) is 19.1 Å². The summed E-state index contributed by atoms with van der Waals surface area (Å²) in [5, 5.41) is 3.88. The fraction of sp³-hybridized carbons (Fsp3) is 0.130. The summed E-state index contributed by atoms with van der Waals surface area (Å²) in [6, 6.07) is 14.6. The van der Waals surface area contributed by atoms with Crippen molar-refractivity contribution < 1.29 is 18.0 Å². The Labute approximate surface area is 181 Å². The summed E-state index contributed by atoms with van der Waals surface area (Å²) < 4.78 is 38.8. The second kappa shape index (κ2) is 8.62. The highest BCUT2D eigenvalue weighted by atomic mass is 19.4. The van der Waals surface area contributed by atoms with E-state index >= 15 is 0 Å². The number of benzene rings is 2. The Kier molecular flexibility index (Phi) is 5.72. The second-order valence-electron chi connectivity index (χ2n) is 7.17. The summed E-state index contributed by atoms with van der Waals surface area (Å²) in [7, 11) is 0. The molecule has 2 aromatic heterocycles. The van der Waals surface area contributed by atoms with Gasteiger partial charge in [0.15, 0.2) is 0 Å². The lowest BCUT2D eigenvalue weighted by molar-refractivity contribution is -0.137. The summed E-state index contributed by atoms with van der Waals surface area (Å²) >= 11 is 0. The van der Waals surface area contributed by atoms with Gasteiger partial charge in [0.05, 0.1) is 16.6 Å². The van der Waals surface area contributed by atoms with Gasteiger partial charge in [-0.25, -0.2) is 9.97 Å². The van der Waals surface area contributed by atoms with Gasteiger partial charge >= 0.3 is 6.18 Å². The average molecular weight is 437 g/mol. The van der Waals surface area contributed by atoms with Crippen LogP contribution in [0.1, 0.15) is 32.7 Å². The highest BCUT2D eigenvalue weighted by Gasteiger charge is 2.30. The maximum Gasteiger partial charge on any atom is 0.416 e. The number of aromatic nitrogens is 3. The molecule has 162 valence electrons. The van der Waals surface area contributed by atoms with Crippen LogP contribution in [0.5, 0.6) is 0 Å². The highest BCUT2D eigenvalue weighted by molar-refractivity contribution is 6.06. The Morgan fingerprint density at radius 2 is 1.75 bits per heavy atom. The molecule has 2 heterocycles. The fourth-order valence-electron chi connectivity index (χ4n) is 3.42. The number of fused-ring (bicyclic) bond motifs is 1. The molecule has 1 amide bonds. The lowest BCUT2D eigenvalue weighted by atomic mass is 10.0. The molecule has 0 bridgehead atoms. The Balaban J connectivity index is 1.52. The van der Waals surface area contributed by atoms with E-state index in [2.05, 4.69) is 20.3 Å². The van der Waals surface area contributed by atoms with E-state index in [1.807, 2.05) is 24.3 Å². The third kappa shape index (κ3) is 4.66. The van der Waals surface area contributed by atoms with Gasteiger partial charge in [0, 0.05) is 30.2 Å². The number of hydrogen-bond donors (Lipinski definition) is 2. The van der Waals surface area contributed by atoms with Crippen LogP contribution in [0.15, 0.2) is 67.1 Å². The number of anilines is 1. The molecule has 4 aromatic rings. The number of para-hydroxylation sites is 1. The zero-order chi connectivity index (χ0) is 22.7. The number of nitrogens with two attached hydrogens (primary N) is 1. The van der Waals surface area contributed by atoms with Crippen molar-refractivity contribution in [3.05, 3.63) is 95.1 Å². The number of halogens is 3. The monoisotopic (exact) mass is 437 g/mol. The number of carbonyl (C=O) groups is 1. The minimum Gasteiger partial charge on any atom is -0.366 e. The molecular weight excluding hydrogens is 419 g/mol. The lowest BCUT2D eigenvalue weighted by Gasteiger charge is -2.11. The maximum atomic E-state index is 12.9. The van der Waals surface area contributed by atoms with Crippen molar-refractivity contribution in [1.29, 1.82) is 0 Å². The van der Waals surface area contributed by atoms with Crippen LogP contribution in [0.4, 0.5) is 19.0 Å². The molecule has 0 aliphatic carbocycles. The van der Waals surface area contributed by atoms with Gasteiger partial charge in [0.25, 0.3) is 5.91 Å². The zero-order valence-corrected chi connectivity index (χ0v) is 16.7. The van der Waals surface area contributed by atoms with E-state index in [4.69, 9.17) is 5.73 Å². The number of nitrogens with zero attached hydrogens (tertiary/aromatic N) is 3. The summed E-state index contributed by atoms with van der Waals surface area (Å²) in [5.41, 5.74) is 7.55. The van der Waals surface area contributed by atoms with Gasteiger partial charge in [-0.1, -0.05) is 30.3 Å². The van der Waals surface area contributed by atoms with Gasteiger partial charge < -0.3 is 11.1 Å². The third-order valence-corrected chi connectivity index (χ3v) is 4.91. The van der Waals surface area contributed by atoms with Crippen molar-refractivity contribution in [2.24, 2.45) is 5.73 Å². The van der Waals surface area contributed by atoms with Crippen LogP contribution in [0, 0.1) is 0 Å². The van der Waals surface area contributed by atoms with Crippen molar-refractivity contribution in [1.82, 2.24) is 15.0 Å². The van der Waals surface area contributed by atoms with E-state index < -0.39 is 17.6 Å². The highest BCUT2D eigenvalue weighted by Crippen LogP contribution is 2.29. The van der Waals surface area contributed by atoms with Gasteiger partial charge in [-0.2, -0.15) is 13.2 Å². The molecule has 0 aliphatic heterocycles. The molecule has 9 heteroatoms. The van der Waals surface area contributed by atoms with Gasteiger partial charge in [0.1, 0.15) is 12.1 Å². The van der Waals surface area contributed by atoms with E-state index in [-0.39, 0.29) is 6.42 Å². The smallest absolute Gasteiger partial charge is 0.366 e. The first kappa shape index (κ1) is 21.2. The molecule has 32 heavy (non-hydrogen) atoms. The fourth-order valence-corrected chi connectivity index (χ4v) is 3.42. The first-order valence-electron chi connectivity index (χ1n) is 9.68. The van der Waals surface area contributed by atoms with Crippen molar-refractivity contribution >= 4 is 22.6 Å². The quantitative estimate of drug-likeness (QED) is 0.468. The molecule has 0 aliphatic rings. The predicted molar refractivity (Wildman–Crippen MR) is 114 cm³/mol. The molecule has 0 saturated heterocycles. The van der Waals surface area contributed by atoms with Crippen molar-refractivity contribution in [2.75, 3.05) is 5.32 Å². The Morgan fingerprint density at radius 3 is 2.53 bits per heavy atom. The van der Waals surface area contributed by atoms with Crippen LogP contribution in [0.3, 0.4) is 0 Å². The van der Waals surface area contributed by atoms with Gasteiger partial charge in [-0.3, -0.25) is 9.78 Å². The normalized spacial score (nSPS) is 11.5. The number of rotatable bonds is 6. The lowest BCUT2D eigenvalue weighted by Crippen LogP contribution is -2.12. The van der Waals surface area contributed by atoms with E-state index in [9.17, 15) is 18.0 Å². The van der Waals surface area contributed by atoms with Crippen molar-refractivity contribution in [3.8, 4) is 0 Å². The van der Waals surface area contributed by atoms with Crippen LogP contribution in [0.25, 0.3) is 10.9 Å². The zero-order valence-electron chi connectivity index (χ0n) is 16.7. The Hall–Kier alpha value is -4.01. The van der Waals surface area contributed by atoms with E-state index in [0.29, 0.717) is 34.5 Å². The van der Waals surface area contributed by atoms with E-state index in [1.54, 1.807) is 18.2 Å². The minimum atomic E-state index is -4.40. The molecular formula is C23H18F3N5O. The molecule has 6 nitrogen and oxygen atoms in total. The molecule has 0 spiro atoms. The minimum absolute atomic E-state index is 0.274. The number of pyridine rings is 1. The molecule has 0 radical (unpaired) electrons. The van der Waals surface area contributed by atoms with Crippen molar-refractivity contribution in [2.45, 2.75) is 19.1 Å². The largest absolute Gasteiger partial charge is 0.416 e. The topological polar surface area (TPSA) is 93.8 Å². The average Bonchev–Trinajstić information content (AvgIpc) is 2.77. The number of primary amides is 1. The summed E-state index contributed by atoms with van der Waals surface area (Å²) in [6.45, 7) is 0.413. The molecule has 0 unspecified atom stereocenters. The van der Waals surface area contributed by atoms with Crippen LogP contribution < -0.4 is 11.1 Å². The third-order valence-electron chi connectivity index (χ3n) is 4.91. The summed E-state index contributed by atoms with van der Waals surface area (Å²) in [5.74, 6) is -0.0285. The standard InChI is InChI=1S/C23H18F3N5O/c24-23(25,26)16-7-8-28-17(11-16)10-14-3-1-4-15(9-14)12-29-22-19-6-2-5-18(21(27)32)20(19)30-13-31-22/h1-9,11,13H,10,12H2,(H2,27,32)(H,29,30,31).